The summed E-state index contributed by atoms with van der Waals surface area (Å²) in [6, 6.07) is 6.23. The van der Waals surface area contributed by atoms with E-state index in [2.05, 4.69) is 29.8 Å². The molecule has 0 amide bonds. The number of ether oxygens (including phenoxy) is 1. The van der Waals surface area contributed by atoms with Crippen LogP contribution in [0.3, 0.4) is 0 Å². The SMILES string of the molecule is CC(N)C(c1ccccn1)N1C[C@@H](C)O[C@@H](C)C1. The Morgan fingerprint density at radius 3 is 2.50 bits per heavy atom. The maximum Gasteiger partial charge on any atom is 0.0678 e. The Morgan fingerprint density at radius 1 is 1.33 bits per heavy atom. The van der Waals surface area contributed by atoms with Crippen molar-refractivity contribution in [1.82, 2.24) is 9.88 Å². The topological polar surface area (TPSA) is 51.4 Å². The van der Waals surface area contributed by atoms with Crippen molar-refractivity contribution < 1.29 is 4.74 Å². The summed E-state index contributed by atoms with van der Waals surface area (Å²) < 4.78 is 5.78. The van der Waals surface area contributed by atoms with Gasteiger partial charge < -0.3 is 10.5 Å². The van der Waals surface area contributed by atoms with E-state index in [4.69, 9.17) is 10.5 Å². The monoisotopic (exact) mass is 249 g/mol. The van der Waals surface area contributed by atoms with Gasteiger partial charge in [-0.2, -0.15) is 0 Å². The van der Waals surface area contributed by atoms with Crippen LogP contribution in [0, 0.1) is 0 Å². The minimum Gasteiger partial charge on any atom is -0.373 e. The lowest BCUT2D eigenvalue weighted by Gasteiger charge is -2.41. The molecule has 1 aliphatic heterocycles. The quantitative estimate of drug-likeness (QED) is 0.883. The number of hydrogen-bond acceptors (Lipinski definition) is 4. The van der Waals surface area contributed by atoms with Crippen molar-refractivity contribution in [2.24, 2.45) is 5.73 Å². The van der Waals surface area contributed by atoms with Crippen molar-refractivity contribution in [1.29, 1.82) is 0 Å². The molecule has 18 heavy (non-hydrogen) atoms. The van der Waals surface area contributed by atoms with Gasteiger partial charge in [-0.15, -0.1) is 0 Å². The molecule has 0 radical (unpaired) electrons. The first-order valence-electron chi connectivity index (χ1n) is 6.64. The normalized spacial score (nSPS) is 28.9. The highest BCUT2D eigenvalue weighted by Crippen LogP contribution is 2.25. The Balaban J connectivity index is 2.20. The predicted molar refractivity (Wildman–Crippen MR) is 72.2 cm³/mol. The van der Waals surface area contributed by atoms with E-state index in [0.717, 1.165) is 18.8 Å². The van der Waals surface area contributed by atoms with Crippen LogP contribution in [0.15, 0.2) is 24.4 Å². The summed E-state index contributed by atoms with van der Waals surface area (Å²) in [5, 5.41) is 0. The Labute approximate surface area is 109 Å². The molecule has 0 aromatic carbocycles. The van der Waals surface area contributed by atoms with E-state index in [9.17, 15) is 0 Å². The molecule has 2 heterocycles. The van der Waals surface area contributed by atoms with Crippen molar-refractivity contribution in [2.45, 2.75) is 45.1 Å². The number of pyridine rings is 1. The molecule has 2 rings (SSSR count). The Morgan fingerprint density at radius 2 is 2.00 bits per heavy atom. The van der Waals surface area contributed by atoms with Gasteiger partial charge in [0.1, 0.15) is 0 Å². The maximum atomic E-state index is 6.17. The third-order valence-electron chi connectivity index (χ3n) is 3.33. The van der Waals surface area contributed by atoms with Crippen LogP contribution < -0.4 is 5.73 Å². The molecule has 2 unspecified atom stereocenters. The second-order valence-corrected chi connectivity index (χ2v) is 5.27. The predicted octanol–water partition coefficient (Wildman–Crippen LogP) is 1.58. The zero-order valence-electron chi connectivity index (χ0n) is 11.4. The minimum atomic E-state index is 0.0531. The van der Waals surface area contributed by atoms with E-state index in [1.807, 2.05) is 25.3 Å². The lowest BCUT2D eigenvalue weighted by molar-refractivity contribution is -0.0835. The summed E-state index contributed by atoms with van der Waals surface area (Å²) in [6.07, 6.45) is 2.33. The molecule has 1 aromatic heterocycles. The van der Waals surface area contributed by atoms with Gasteiger partial charge in [0.15, 0.2) is 0 Å². The molecular formula is C14H23N3O. The number of aromatic nitrogens is 1. The zero-order chi connectivity index (χ0) is 13.1. The minimum absolute atomic E-state index is 0.0531. The highest BCUT2D eigenvalue weighted by atomic mass is 16.5. The first kappa shape index (κ1) is 13.5. The molecule has 1 aliphatic rings. The highest BCUT2D eigenvalue weighted by molar-refractivity contribution is 5.11. The smallest absolute Gasteiger partial charge is 0.0678 e. The Hall–Kier alpha value is -0.970. The second-order valence-electron chi connectivity index (χ2n) is 5.27. The lowest BCUT2D eigenvalue weighted by Crippen LogP contribution is -2.50. The molecule has 0 aliphatic carbocycles. The van der Waals surface area contributed by atoms with Crippen molar-refractivity contribution in [3.63, 3.8) is 0 Å². The number of morpholine rings is 1. The van der Waals surface area contributed by atoms with Crippen LogP contribution in [0.5, 0.6) is 0 Å². The standard InChI is InChI=1S/C14H23N3O/c1-10-8-17(9-11(2)18-10)14(12(3)15)13-6-4-5-7-16-13/h4-7,10-12,14H,8-9,15H2,1-3H3/t10-,11+,12?,14?. The fourth-order valence-electron chi connectivity index (χ4n) is 2.78. The lowest BCUT2D eigenvalue weighted by atomic mass is 10.0. The van der Waals surface area contributed by atoms with Crippen molar-refractivity contribution in [3.05, 3.63) is 30.1 Å². The molecule has 100 valence electrons. The molecule has 0 bridgehead atoms. The van der Waals surface area contributed by atoms with E-state index in [-0.39, 0.29) is 24.3 Å². The summed E-state index contributed by atoms with van der Waals surface area (Å²) >= 11 is 0. The van der Waals surface area contributed by atoms with Crippen molar-refractivity contribution >= 4 is 0 Å². The third kappa shape index (κ3) is 3.07. The number of nitrogens with zero attached hydrogens (tertiary/aromatic N) is 2. The van der Waals surface area contributed by atoms with Crippen LogP contribution in [-0.2, 0) is 4.74 Å². The van der Waals surface area contributed by atoms with Gasteiger partial charge in [-0.1, -0.05) is 6.07 Å². The van der Waals surface area contributed by atoms with Gasteiger partial charge >= 0.3 is 0 Å². The van der Waals surface area contributed by atoms with Gasteiger partial charge in [0, 0.05) is 25.3 Å². The molecule has 0 saturated carbocycles. The molecular weight excluding hydrogens is 226 g/mol. The van der Waals surface area contributed by atoms with E-state index < -0.39 is 0 Å². The molecule has 1 saturated heterocycles. The molecule has 2 N–H and O–H groups in total. The summed E-state index contributed by atoms with van der Waals surface area (Å²) in [7, 11) is 0. The number of nitrogens with two attached hydrogens (primary N) is 1. The number of hydrogen-bond donors (Lipinski definition) is 1. The van der Waals surface area contributed by atoms with E-state index in [1.165, 1.54) is 0 Å². The van der Waals surface area contributed by atoms with E-state index >= 15 is 0 Å². The van der Waals surface area contributed by atoms with Crippen LogP contribution in [0.1, 0.15) is 32.5 Å². The number of rotatable bonds is 3. The van der Waals surface area contributed by atoms with Gasteiger partial charge in [-0.3, -0.25) is 9.88 Å². The zero-order valence-corrected chi connectivity index (χ0v) is 11.4. The van der Waals surface area contributed by atoms with Gasteiger partial charge in [-0.05, 0) is 32.9 Å². The Bertz CT molecular complexity index is 359. The molecule has 4 heteroatoms. The van der Waals surface area contributed by atoms with Gasteiger partial charge in [0.2, 0.25) is 0 Å². The summed E-state index contributed by atoms with van der Waals surface area (Å²) in [6.45, 7) is 8.09. The van der Waals surface area contributed by atoms with Gasteiger partial charge in [0.25, 0.3) is 0 Å². The summed E-state index contributed by atoms with van der Waals surface area (Å²) in [5.41, 5.74) is 7.22. The first-order valence-corrected chi connectivity index (χ1v) is 6.64. The van der Waals surface area contributed by atoms with Crippen molar-refractivity contribution in [2.75, 3.05) is 13.1 Å². The van der Waals surface area contributed by atoms with Crippen LogP contribution in [0.4, 0.5) is 0 Å². The fourth-order valence-corrected chi connectivity index (χ4v) is 2.78. The third-order valence-corrected chi connectivity index (χ3v) is 3.33. The summed E-state index contributed by atoms with van der Waals surface area (Å²) in [5.74, 6) is 0. The molecule has 1 aromatic rings. The van der Waals surface area contributed by atoms with E-state index in [0.29, 0.717) is 0 Å². The average Bonchev–Trinajstić information content (AvgIpc) is 2.28. The maximum absolute atomic E-state index is 6.17. The molecule has 4 nitrogen and oxygen atoms in total. The fraction of sp³-hybridized carbons (Fsp3) is 0.643. The Kier molecular flexibility index (Phi) is 4.32. The molecule has 1 fully saturated rings. The van der Waals surface area contributed by atoms with Crippen LogP contribution in [0.2, 0.25) is 0 Å². The second kappa shape index (κ2) is 5.78. The first-order chi connectivity index (χ1) is 8.58. The van der Waals surface area contributed by atoms with Crippen LogP contribution in [0.25, 0.3) is 0 Å². The molecule has 4 atom stereocenters. The van der Waals surface area contributed by atoms with Gasteiger partial charge in [0.05, 0.1) is 23.9 Å². The van der Waals surface area contributed by atoms with E-state index in [1.54, 1.807) is 0 Å². The largest absolute Gasteiger partial charge is 0.373 e. The highest BCUT2D eigenvalue weighted by Gasteiger charge is 2.31. The van der Waals surface area contributed by atoms with Crippen LogP contribution >= 0.6 is 0 Å². The van der Waals surface area contributed by atoms with Crippen molar-refractivity contribution in [3.8, 4) is 0 Å². The molecule has 0 spiro atoms. The average molecular weight is 249 g/mol. The van der Waals surface area contributed by atoms with Crippen LogP contribution in [-0.4, -0.2) is 41.2 Å². The van der Waals surface area contributed by atoms with Gasteiger partial charge in [-0.25, -0.2) is 0 Å². The summed E-state index contributed by atoms with van der Waals surface area (Å²) in [4.78, 5) is 6.86.